The van der Waals surface area contributed by atoms with Crippen LogP contribution in [0.4, 0.5) is 4.39 Å². The van der Waals surface area contributed by atoms with Crippen LogP contribution in [0.25, 0.3) is 0 Å². The lowest BCUT2D eigenvalue weighted by molar-refractivity contribution is -0.139. The molecule has 2 aliphatic rings. The van der Waals surface area contributed by atoms with Crippen LogP contribution in [0.1, 0.15) is 25.7 Å². The van der Waals surface area contributed by atoms with E-state index in [1.807, 2.05) is 12.1 Å². The molecule has 2 N–H and O–H groups in total. The minimum absolute atomic E-state index is 0. The molecule has 0 aromatic heterocycles. The molecule has 9 heteroatoms. The van der Waals surface area contributed by atoms with Crippen LogP contribution < -0.4 is 10.6 Å². The SMILES string of the molecule is CN=C(NCCCSc1ccc(F)cc1)NCCN1CCN(C(=O)C2CCC2)CC1.I. The third kappa shape index (κ3) is 8.76. The molecule has 1 aromatic carbocycles. The smallest absolute Gasteiger partial charge is 0.225 e. The van der Waals surface area contributed by atoms with Crippen molar-refractivity contribution in [1.29, 1.82) is 0 Å². The lowest BCUT2D eigenvalue weighted by Crippen LogP contribution is -2.52. The van der Waals surface area contributed by atoms with Crippen LogP contribution in [0.2, 0.25) is 0 Å². The largest absolute Gasteiger partial charge is 0.356 e. The molecule has 0 radical (unpaired) electrons. The molecule has 31 heavy (non-hydrogen) atoms. The van der Waals surface area contributed by atoms with Crippen molar-refractivity contribution in [1.82, 2.24) is 20.4 Å². The molecule has 174 valence electrons. The third-order valence-corrected chi connectivity index (χ3v) is 6.88. The highest BCUT2D eigenvalue weighted by Crippen LogP contribution is 2.28. The van der Waals surface area contributed by atoms with Gasteiger partial charge in [0.15, 0.2) is 5.96 Å². The molecule has 0 bridgehead atoms. The van der Waals surface area contributed by atoms with Crippen LogP contribution >= 0.6 is 35.7 Å². The zero-order valence-electron chi connectivity index (χ0n) is 18.3. The van der Waals surface area contributed by atoms with Crippen molar-refractivity contribution in [2.45, 2.75) is 30.6 Å². The molecule has 1 aliphatic carbocycles. The summed E-state index contributed by atoms with van der Waals surface area (Å²) in [6.45, 7) is 6.24. The van der Waals surface area contributed by atoms with Gasteiger partial charge in [0.2, 0.25) is 5.91 Å². The summed E-state index contributed by atoms with van der Waals surface area (Å²) in [5.74, 6) is 2.28. The summed E-state index contributed by atoms with van der Waals surface area (Å²) in [6.07, 6.45) is 4.38. The number of nitrogens with zero attached hydrogens (tertiary/aromatic N) is 3. The Bertz CT molecular complexity index is 694. The fourth-order valence-corrected chi connectivity index (χ4v) is 4.51. The second-order valence-corrected chi connectivity index (χ2v) is 9.04. The van der Waals surface area contributed by atoms with Crippen LogP contribution in [-0.4, -0.2) is 80.3 Å². The Morgan fingerprint density at radius 2 is 1.81 bits per heavy atom. The van der Waals surface area contributed by atoms with Gasteiger partial charge in [-0.05, 0) is 49.3 Å². The fourth-order valence-electron chi connectivity index (χ4n) is 3.66. The maximum Gasteiger partial charge on any atom is 0.225 e. The summed E-state index contributed by atoms with van der Waals surface area (Å²) < 4.78 is 12.9. The van der Waals surface area contributed by atoms with Crippen molar-refractivity contribution in [3.63, 3.8) is 0 Å². The third-order valence-electron chi connectivity index (χ3n) is 5.78. The molecule has 0 unspecified atom stereocenters. The van der Waals surface area contributed by atoms with Gasteiger partial charge in [-0.3, -0.25) is 14.7 Å². The number of amides is 1. The number of rotatable bonds is 9. The first-order chi connectivity index (χ1) is 14.7. The molecule has 1 aromatic rings. The van der Waals surface area contributed by atoms with E-state index in [1.54, 1.807) is 18.8 Å². The van der Waals surface area contributed by atoms with Crippen LogP contribution in [0, 0.1) is 11.7 Å². The summed E-state index contributed by atoms with van der Waals surface area (Å²) >= 11 is 1.73. The molecule has 0 atom stereocenters. The number of guanidine groups is 1. The Morgan fingerprint density at radius 3 is 2.42 bits per heavy atom. The Kier molecular flexibility index (Phi) is 12.0. The summed E-state index contributed by atoms with van der Waals surface area (Å²) in [4.78, 5) is 22.2. The Balaban J connectivity index is 0.00000341. The van der Waals surface area contributed by atoms with E-state index < -0.39 is 0 Å². The van der Waals surface area contributed by atoms with Gasteiger partial charge in [-0.2, -0.15) is 0 Å². The van der Waals surface area contributed by atoms with Gasteiger partial charge in [0.25, 0.3) is 0 Å². The Hall–Kier alpha value is -1.07. The van der Waals surface area contributed by atoms with Gasteiger partial charge < -0.3 is 15.5 Å². The fraction of sp³-hybridized carbons (Fsp3) is 0.636. The number of piperazine rings is 1. The standard InChI is InChI=1S/C22H34FN5OS.HI/c1-24-22(25-10-3-17-30-20-8-6-19(23)7-9-20)26-11-12-27-13-15-28(16-14-27)21(29)18-4-2-5-18;/h6-9,18H,2-5,10-17H2,1H3,(H2,24,25,26);1H. The lowest BCUT2D eigenvalue weighted by Gasteiger charge is -2.38. The number of aliphatic imine (C=N–C) groups is 1. The minimum atomic E-state index is -0.195. The number of hydrogen-bond acceptors (Lipinski definition) is 4. The van der Waals surface area contributed by atoms with Gasteiger partial charge in [-0.25, -0.2) is 4.39 Å². The summed E-state index contributed by atoms with van der Waals surface area (Å²) in [5.41, 5.74) is 0. The molecule has 1 saturated heterocycles. The predicted octanol–water partition coefficient (Wildman–Crippen LogP) is 3.04. The summed E-state index contributed by atoms with van der Waals surface area (Å²) in [7, 11) is 1.79. The molecule has 3 rings (SSSR count). The van der Waals surface area contributed by atoms with Crippen LogP contribution in [0.15, 0.2) is 34.2 Å². The second-order valence-electron chi connectivity index (χ2n) is 7.88. The van der Waals surface area contributed by atoms with Crippen molar-refractivity contribution in [3.8, 4) is 0 Å². The van der Waals surface area contributed by atoms with Crippen molar-refractivity contribution < 1.29 is 9.18 Å². The molecular weight excluding hydrogens is 528 g/mol. The Morgan fingerprint density at radius 1 is 1.13 bits per heavy atom. The molecule has 0 spiro atoms. The van der Waals surface area contributed by atoms with E-state index in [1.165, 1.54) is 18.6 Å². The first kappa shape index (κ1) is 26.2. The topological polar surface area (TPSA) is 60.0 Å². The molecule has 6 nitrogen and oxygen atoms in total. The summed E-state index contributed by atoms with van der Waals surface area (Å²) in [5, 5.41) is 6.71. The predicted molar refractivity (Wildman–Crippen MR) is 137 cm³/mol. The van der Waals surface area contributed by atoms with Crippen molar-refractivity contribution in [2.24, 2.45) is 10.9 Å². The molecule has 1 heterocycles. The van der Waals surface area contributed by atoms with E-state index in [0.717, 1.165) is 81.7 Å². The van der Waals surface area contributed by atoms with Gasteiger partial charge >= 0.3 is 0 Å². The van der Waals surface area contributed by atoms with Crippen molar-refractivity contribution in [2.75, 3.05) is 58.6 Å². The molecule has 1 saturated carbocycles. The highest BCUT2D eigenvalue weighted by Gasteiger charge is 2.30. The van der Waals surface area contributed by atoms with Gasteiger partial charge in [0.1, 0.15) is 5.82 Å². The van der Waals surface area contributed by atoms with Gasteiger partial charge in [0.05, 0.1) is 0 Å². The van der Waals surface area contributed by atoms with Crippen LogP contribution in [0.5, 0.6) is 0 Å². The average molecular weight is 564 g/mol. The first-order valence-corrected chi connectivity index (χ1v) is 12.0. The number of thioether (sulfide) groups is 1. The normalized spacial score (nSPS) is 17.6. The molecule has 1 amide bonds. The number of nitrogens with one attached hydrogen (secondary N) is 2. The monoisotopic (exact) mass is 563 g/mol. The van der Waals surface area contributed by atoms with Crippen molar-refractivity contribution >= 4 is 47.6 Å². The van der Waals surface area contributed by atoms with Crippen molar-refractivity contribution in [3.05, 3.63) is 30.1 Å². The summed E-state index contributed by atoms with van der Waals surface area (Å²) in [6, 6.07) is 6.63. The maximum atomic E-state index is 12.9. The molecular formula is C22H35FIN5OS. The van der Waals surface area contributed by atoms with Gasteiger partial charge in [-0.15, -0.1) is 35.7 Å². The quantitative estimate of drug-likeness (QED) is 0.159. The Labute approximate surface area is 206 Å². The van der Waals surface area contributed by atoms with E-state index >= 15 is 0 Å². The van der Waals surface area contributed by atoms with Gasteiger partial charge in [0, 0.05) is 63.7 Å². The maximum absolute atomic E-state index is 12.9. The highest BCUT2D eigenvalue weighted by molar-refractivity contribution is 14.0. The van der Waals surface area contributed by atoms with E-state index in [9.17, 15) is 9.18 Å². The molecule has 2 fully saturated rings. The highest BCUT2D eigenvalue weighted by atomic mass is 127. The number of carbonyl (C=O) groups excluding carboxylic acids is 1. The number of halogens is 2. The van der Waals surface area contributed by atoms with Crippen LogP contribution in [-0.2, 0) is 4.79 Å². The van der Waals surface area contributed by atoms with Gasteiger partial charge in [-0.1, -0.05) is 6.42 Å². The van der Waals surface area contributed by atoms with E-state index in [4.69, 9.17) is 0 Å². The number of carbonyl (C=O) groups is 1. The zero-order valence-corrected chi connectivity index (χ0v) is 21.5. The average Bonchev–Trinajstić information content (AvgIpc) is 2.72. The minimum Gasteiger partial charge on any atom is -0.356 e. The first-order valence-electron chi connectivity index (χ1n) is 11.0. The number of benzene rings is 1. The second kappa shape index (κ2) is 14.2. The number of hydrogen-bond donors (Lipinski definition) is 2. The van der Waals surface area contributed by atoms with E-state index in [0.29, 0.717) is 11.8 Å². The zero-order chi connectivity index (χ0) is 21.2. The van der Waals surface area contributed by atoms with E-state index in [2.05, 4.69) is 25.4 Å². The van der Waals surface area contributed by atoms with E-state index in [-0.39, 0.29) is 29.8 Å². The molecule has 1 aliphatic heterocycles. The van der Waals surface area contributed by atoms with Crippen LogP contribution in [0.3, 0.4) is 0 Å². The lowest BCUT2D eigenvalue weighted by atomic mass is 9.84.